The zero-order chi connectivity index (χ0) is 48.1. The van der Waals surface area contributed by atoms with Crippen LogP contribution in [0.3, 0.4) is 0 Å². The number of benzene rings is 2. The lowest BCUT2D eigenvalue weighted by molar-refractivity contribution is -0.345. The first-order chi connectivity index (χ1) is 31.4. The molecule has 2 aliphatic heterocycles. The number of hydrogen-bond acceptors (Lipinski definition) is 18. The molecule has 2 N–H and O–H groups in total. The van der Waals surface area contributed by atoms with Crippen molar-refractivity contribution in [3.05, 3.63) is 60.7 Å². The van der Waals surface area contributed by atoms with Gasteiger partial charge in [-0.15, -0.1) is 0 Å². The van der Waals surface area contributed by atoms with Crippen molar-refractivity contribution in [1.82, 2.24) is 10.6 Å². The average molecular weight is 945 g/mol. The van der Waals surface area contributed by atoms with Crippen molar-refractivity contribution < 1.29 is 85.7 Å². The molecule has 0 radical (unpaired) electrons. The quantitative estimate of drug-likeness (QED) is 0.139. The Morgan fingerprint density at radius 1 is 0.515 bits per heavy atom. The van der Waals surface area contributed by atoms with Gasteiger partial charge in [-0.1, -0.05) is 73.5 Å². The third kappa shape index (κ3) is 14.4. The van der Waals surface area contributed by atoms with Crippen LogP contribution in [0.4, 0.5) is 4.79 Å². The summed E-state index contributed by atoms with van der Waals surface area (Å²) in [5.41, 5.74) is 0.0192. The molecule has 0 aromatic heterocycles. The largest absolute Gasteiger partial charge is 0.463 e. The number of amides is 2. The maximum absolute atomic E-state index is 14.2. The lowest BCUT2D eigenvalue weighted by Crippen LogP contribution is -2.69. The van der Waals surface area contributed by atoms with E-state index in [0.717, 1.165) is 78.3 Å². The van der Waals surface area contributed by atoms with Gasteiger partial charge in [0.05, 0.1) is 0 Å². The maximum Gasteiger partial charge on any atom is 0.317 e. The molecule has 2 saturated heterocycles. The Morgan fingerprint density at radius 2 is 0.955 bits per heavy atom. The van der Waals surface area contributed by atoms with E-state index in [1.165, 1.54) is 0 Å². The number of carbonyl (C=O) groups excluding carboxylic acids is 8. The van der Waals surface area contributed by atoms with E-state index < -0.39 is 130 Å². The molecule has 1 aliphatic carbocycles. The van der Waals surface area contributed by atoms with Gasteiger partial charge in [-0.05, 0) is 31.4 Å². The second kappa shape index (κ2) is 24.2. The van der Waals surface area contributed by atoms with Gasteiger partial charge < -0.3 is 58.0 Å². The standard InChI is InChI=1S/C45H57N2O18P/c1-24(48)56-22-34-38(65-44-42(62-30(7)54)40(60-28(5)52)37(58-26(3)50)35(64-44)23-57-25(2)49)39(59-27(4)51)41(61-29(6)53)43(63-34)47-45(55)46-33-20-14-15-21-36(33)66(31-16-10-8-11-17-31)32-18-12-9-13-19-32/h8-13,16-19,33-44H,14-15,20-23H2,1-7H3,(H2,46,47,55)/t33?,34-,35-,36?,37-,38-,39+,40+,41-,42-,43-,44+/m1/s1. The van der Waals surface area contributed by atoms with E-state index in [1.54, 1.807) is 0 Å². The van der Waals surface area contributed by atoms with Crippen LogP contribution in [0.1, 0.15) is 74.1 Å². The van der Waals surface area contributed by atoms with Gasteiger partial charge in [0.2, 0.25) is 0 Å². The molecular formula is C45H57N2O18P. The normalized spacial score (nSPS) is 28.4. The summed E-state index contributed by atoms with van der Waals surface area (Å²) in [6.45, 7) is 6.27. The van der Waals surface area contributed by atoms with Gasteiger partial charge in [0, 0.05) is 60.2 Å². The van der Waals surface area contributed by atoms with E-state index in [9.17, 15) is 38.4 Å². The van der Waals surface area contributed by atoms with E-state index >= 15 is 0 Å². The number of nitrogens with one attached hydrogen (secondary N) is 2. The van der Waals surface area contributed by atoms with Crippen LogP contribution < -0.4 is 21.2 Å². The summed E-state index contributed by atoms with van der Waals surface area (Å²) >= 11 is 0. The van der Waals surface area contributed by atoms with Gasteiger partial charge in [-0.2, -0.15) is 0 Å². The topological polar surface area (TPSA) is 253 Å². The summed E-state index contributed by atoms with van der Waals surface area (Å²) in [6, 6.07) is 19.2. The molecule has 2 unspecified atom stereocenters. The van der Waals surface area contributed by atoms with Crippen LogP contribution in [0.2, 0.25) is 0 Å². The Hall–Kier alpha value is -5.69. The van der Waals surface area contributed by atoms with Crippen LogP contribution in [-0.4, -0.2) is 134 Å². The molecule has 66 heavy (non-hydrogen) atoms. The van der Waals surface area contributed by atoms with Crippen molar-refractivity contribution >= 4 is 66.3 Å². The second-order valence-corrected chi connectivity index (χ2v) is 18.3. The Kier molecular flexibility index (Phi) is 18.8. The number of carbonyl (C=O) groups is 8. The summed E-state index contributed by atoms with van der Waals surface area (Å²) in [4.78, 5) is 102. The van der Waals surface area contributed by atoms with Crippen LogP contribution in [0.15, 0.2) is 60.7 Å². The summed E-state index contributed by atoms with van der Waals surface area (Å²) in [5.74, 6) is -6.05. The maximum atomic E-state index is 14.2. The summed E-state index contributed by atoms with van der Waals surface area (Å²) in [7, 11) is -0.949. The lowest BCUT2D eigenvalue weighted by atomic mass is 9.94. The first-order valence-electron chi connectivity index (χ1n) is 21.5. The molecule has 20 nitrogen and oxygen atoms in total. The lowest BCUT2D eigenvalue weighted by Gasteiger charge is -2.49. The molecule has 360 valence electrons. The monoisotopic (exact) mass is 944 g/mol. The number of urea groups is 1. The number of rotatable bonds is 16. The Balaban J connectivity index is 1.51. The first kappa shape index (κ1) is 51.3. The molecule has 3 fully saturated rings. The molecule has 2 aromatic carbocycles. The minimum atomic E-state index is -1.85. The van der Waals surface area contributed by atoms with Crippen LogP contribution >= 0.6 is 7.92 Å². The fourth-order valence-electron chi connectivity index (χ4n) is 8.27. The van der Waals surface area contributed by atoms with E-state index in [4.69, 9.17) is 47.4 Å². The predicted molar refractivity (Wildman–Crippen MR) is 230 cm³/mol. The highest BCUT2D eigenvalue weighted by Crippen LogP contribution is 2.46. The second-order valence-electron chi connectivity index (χ2n) is 15.8. The molecule has 1 saturated carbocycles. The molecule has 12 atom stereocenters. The zero-order valence-electron chi connectivity index (χ0n) is 37.7. The third-order valence-corrected chi connectivity index (χ3v) is 13.6. The molecule has 2 amide bonds. The fraction of sp³-hybridized carbons (Fsp3) is 0.556. The molecule has 21 heteroatoms. The fourth-order valence-corrected chi connectivity index (χ4v) is 11.3. The zero-order valence-corrected chi connectivity index (χ0v) is 38.6. The average Bonchev–Trinajstić information content (AvgIpc) is 3.24. The number of esters is 7. The van der Waals surface area contributed by atoms with Crippen LogP contribution in [0.25, 0.3) is 0 Å². The van der Waals surface area contributed by atoms with E-state index in [2.05, 4.69) is 34.9 Å². The molecule has 0 bridgehead atoms. The van der Waals surface area contributed by atoms with Gasteiger partial charge in [0.1, 0.15) is 31.5 Å². The van der Waals surface area contributed by atoms with Crippen LogP contribution in [-0.2, 0) is 80.9 Å². The highest BCUT2D eigenvalue weighted by molar-refractivity contribution is 7.73. The Bertz CT molecular complexity index is 1990. The Labute approximate surface area is 383 Å². The Morgan fingerprint density at radius 3 is 1.45 bits per heavy atom. The van der Waals surface area contributed by atoms with Crippen LogP contribution in [0, 0.1) is 0 Å². The van der Waals surface area contributed by atoms with Crippen molar-refractivity contribution in [3.63, 3.8) is 0 Å². The van der Waals surface area contributed by atoms with Gasteiger partial charge in [-0.25, -0.2) is 4.79 Å². The first-order valence-corrected chi connectivity index (χ1v) is 22.9. The van der Waals surface area contributed by atoms with E-state index in [-0.39, 0.29) is 11.7 Å². The van der Waals surface area contributed by atoms with Crippen molar-refractivity contribution in [2.75, 3.05) is 13.2 Å². The van der Waals surface area contributed by atoms with E-state index in [1.807, 2.05) is 36.4 Å². The third-order valence-electron chi connectivity index (χ3n) is 10.6. The molecule has 2 heterocycles. The van der Waals surface area contributed by atoms with Crippen LogP contribution in [0.5, 0.6) is 0 Å². The molecule has 5 rings (SSSR count). The molecular weight excluding hydrogens is 887 g/mol. The molecule has 3 aliphatic rings. The summed E-state index contributed by atoms with van der Waals surface area (Å²) < 4.78 is 57.5. The van der Waals surface area contributed by atoms with Gasteiger partial charge in [-0.3, -0.25) is 33.6 Å². The van der Waals surface area contributed by atoms with Gasteiger partial charge in [0.25, 0.3) is 0 Å². The van der Waals surface area contributed by atoms with Crippen molar-refractivity contribution in [1.29, 1.82) is 0 Å². The highest BCUT2D eigenvalue weighted by Gasteiger charge is 2.57. The molecule has 0 spiro atoms. The number of ether oxygens (including phenoxy) is 10. The highest BCUT2D eigenvalue weighted by atomic mass is 31.1. The van der Waals surface area contributed by atoms with E-state index in [0.29, 0.717) is 6.42 Å². The van der Waals surface area contributed by atoms with Gasteiger partial charge in [0.15, 0.2) is 43.0 Å². The van der Waals surface area contributed by atoms with Crippen molar-refractivity contribution in [3.8, 4) is 0 Å². The smallest absolute Gasteiger partial charge is 0.317 e. The summed E-state index contributed by atoms with van der Waals surface area (Å²) in [5, 5.41) is 8.16. The SMILES string of the molecule is CC(=O)OC[C@H]1O[C@@H](NC(=O)NC2CCCCC2P(c2ccccc2)c2ccccc2)[C@H](OC(C)=O)[C@@H](OC(C)=O)[C@@H]1O[C@@H]1O[C@H](COC(C)=O)[C@@H](OC(C)=O)[C@H](OC(C)=O)[C@H]1OC(C)=O. The number of hydrogen-bond donors (Lipinski definition) is 2. The minimum Gasteiger partial charge on any atom is -0.463 e. The predicted octanol–water partition coefficient (Wildman–Crippen LogP) is 2.35. The molecule has 2 aromatic rings. The minimum absolute atomic E-state index is 0.0192. The van der Waals surface area contributed by atoms with Gasteiger partial charge >= 0.3 is 47.8 Å². The van der Waals surface area contributed by atoms with Crippen molar-refractivity contribution in [2.45, 2.75) is 147 Å². The summed E-state index contributed by atoms with van der Waals surface area (Å²) in [6.07, 6.45) is -13.0. The van der Waals surface area contributed by atoms with Crippen molar-refractivity contribution in [2.24, 2.45) is 0 Å².